The number of fused-ring (bicyclic) bond motifs is 3. The van der Waals surface area contributed by atoms with Crippen molar-refractivity contribution >= 4 is 32.9 Å². The van der Waals surface area contributed by atoms with Gasteiger partial charge in [0.15, 0.2) is 5.82 Å². The van der Waals surface area contributed by atoms with Crippen LogP contribution in [-0.2, 0) is 12.8 Å². The molecule has 6 heteroatoms. The minimum Gasteiger partial charge on any atom is -0.305 e. The normalized spacial score (nSPS) is 14.6. The van der Waals surface area contributed by atoms with E-state index in [4.69, 9.17) is 4.98 Å². The molecule has 0 saturated carbocycles. The predicted octanol–water partition coefficient (Wildman–Crippen LogP) is 3.60. The van der Waals surface area contributed by atoms with Crippen LogP contribution in [-0.4, -0.2) is 15.0 Å². The number of aromatic amines is 1. The molecule has 0 radical (unpaired) electrons. The summed E-state index contributed by atoms with van der Waals surface area (Å²) in [6.07, 6.45) is 4.49. The summed E-state index contributed by atoms with van der Waals surface area (Å²) in [4.78, 5) is 27.8. The lowest BCUT2D eigenvalue weighted by atomic mass is 9.97. The molecule has 0 amide bonds. The molecule has 0 fully saturated rings. The molecular weight excluding hydrogens is 302 g/mol. The smallest absolute Gasteiger partial charge is 0.260 e. The molecule has 1 aliphatic rings. The van der Waals surface area contributed by atoms with Crippen molar-refractivity contribution in [1.82, 2.24) is 15.0 Å². The second-order valence-electron chi connectivity index (χ2n) is 5.45. The number of nitrogens with one attached hydrogen (secondary N) is 1. The van der Waals surface area contributed by atoms with E-state index in [9.17, 15) is 4.79 Å². The zero-order valence-corrected chi connectivity index (χ0v) is 13.6. The van der Waals surface area contributed by atoms with Crippen LogP contribution in [0, 0.1) is 13.8 Å². The second-order valence-corrected chi connectivity index (χ2v) is 7.74. The number of thiazole rings is 1. The van der Waals surface area contributed by atoms with Crippen LogP contribution in [0.15, 0.2) is 4.79 Å². The van der Waals surface area contributed by atoms with Crippen molar-refractivity contribution in [3.8, 4) is 10.7 Å². The second kappa shape index (κ2) is 4.74. The molecule has 3 aromatic rings. The fraction of sp³-hybridized carbons (Fsp3) is 0.400. The Hall–Kier alpha value is -1.53. The van der Waals surface area contributed by atoms with Crippen molar-refractivity contribution in [3.05, 3.63) is 31.5 Å². The van der Waals surface area contributed by atoms with Gasteiger partial charge in [-0.1, -0.05) is 0 Å². The highest BCUT2D eigenvalue weighted by molar-refractivity contribution is 7.19. The Balaban J connectivity index is 1.98. The number of aryl methyl sites for hydroxylation is 4. The molecule has 1 aliphatic carbocycles. The van der Waals surface area contributed by atoms with Crippen LogP contribution >= 0.6 is 22.7 Å². The molecule has 3 aromatic heterocycles. The Bertz CT molecular complexity index is 904. The summed E-state index contributed by atoms with van der Waals surface area (Å²) >= 11 is 3.27. The van der Waals surface area contributed by atoms with Gasteiger partial charge in [0, 0.05) is 4.88 Å². The lowest BCUT2D eigenvalue weighted by Gasteiger charge is -2.09. The molecule has 0 spiro atoms. The van der Waals surface area contributed by atoms with Crippen molar-refractivity contribution in [2.75, 3.05) is 0 Å². The molecule has 108 valence electrons. The summed E-state index contributed by atoms with van der Waals surface area (Å²) in [5.41, 5.74) is 2.17. The molecule has 21 heavy (non-hydrogen) atoms. The van der Waals surface area contributed by atoms with Gasteiger partial charge in [-0.3, -0.25) is 4.79 Å². The number of thiophene rings is 1. The third kappa shape index (κ3) is 2.05. The van der Waals surface area contributed by atoms with Crippen molar-refractivity contribution in [2.24, 2.45) is 0 Å². The topological polar surface area (TPSA) is 58.6 Å². The van der Waals surface area contributed by atoms with Crippen LogP contribution in [0.5, 0.6) is 0 Å². The van der Waals surface area contributed by atoms with E-state index in [0.717, 1.165) is 38.6 Å². The van der Waals surface area contributed by atoms with Crippen LogP contribution in [0.3, 0.4) is 0 Å². The quantitative estimate of drug-likeness (QED) is 0.746. The van der Waals surface area contributed by atoms with Crippen LogP contribution in [0.25, 0.3) is 20.9 Å². The van der Waals surface area contributed by atoms with Gasteiger partial charge in [0.25, 0.3) is 5.56 Å². The van der Waals surface area contributed by atoms with E-state index < -0.39 is 0 Å². The lowest BCUT2D eigenvalue weighted by Crippen LogP contribution is -2.11. The first-order valence-corrected chi connectivity index (χ1v) is 8.76. The molecule has 4 nitrogen and oxygen atoms in total. The Morgan fingerprint density at radius 3 is 2.67 bits per heavy atom. The maximum Gasteiger partial charge on any atom is 0.260 e. The first-order chi connectivity index (χ1) is 10.1. The Kier molecular flexibility index (Phi) is 2.97. The maximum absolute atomic E-state index is 12.5. The molecule has 0 atom stereocenters. The number of rotatable bonds is 1. The number of H-pyrrole nitrogens is 1. The molecule has 1 N–H and O–H groups in total. The number of aromatic nitrogens is 3. The maximum atomic E-state index is 12.5. The molecule has 0 aromatic carbocycles. The van der Waals surface area contributed by atoms with Crippen LogP contribution in [0.2, 0.25) is 0 Å². The Morgan fingerprint density at radius 1 is 1.10 bits per heavy atom. The number of hydrogen-bond donors (Lipinski definition) is 1. The van der Waals surface area contributed by atoms with E-state index in [1.165, 1.54) is 23.3 Å². The highest BCUT2D eigenvalue weighted by Gasteiger charge is 2.21. The van der Waals surface area contributed by atoms with Crippen molar-refractivity contribution in [1.29, 1.82) is 0 Å². The van der Waals surface area contributed by atoms with Gasteiger partial charge >= 0.3 is 0 Å². The molecule has 3 heterocycles. The molecular formula is C15H15N3OS2. The average Bonchev–Trinajstić information content (AvgIpc) is 2.98. The van der Waals surface area contributed by atoms with Gasteiger partial charge in [-0.2, -0.15) is 0 Å². The van der Waals surface area contributed by atoms with E-state index in [1.54, 1.807) is 22.7 Å². The van der Waals surface area contributed by atoms with Gasteiger partial charge in [0.1, 0.15) is 4.83 Å². The largest absolute Gasteiger partial charge is 0.305 e. The van der Waals surface area contributed by atoms with Gasteiger partial charge in [-0.05, 0) is 45.1 Å². The fourth-order valence-corrected chi connectivity index (χ4v) is 5.15. The van der Waals surface area contributed by atoms with Crippen LogP contribution in [0.4, 0.5) is 0 Å². The first-order valence-electron chi connectivity index (χ1n) is 7.12. The van der Waals surface area contributed by atoms with Crippen molar-refractivity contribution in [3.63, 3.8) is 0 Å². The van der Waals surface area contributed by atoms with E-state index in [-0.39, 0.29) is 5.56 Å². The summed E-state index contributed by atoms with van der Waals surface area (Å²) in [5.74, 6) is 0.661. The van der Waals surface area contributed by atoms with Gasteiger partial charge in [0.05, 0.1) is 21.0 Å². The molecule has 0 bridgehead atoms. The van der Waals surface area contributed by atoms with Crippen molar-refractivity contribution < 1.29 is 0 Å². The summed E-state index contributed by atoms with van der Waals surface area (Å²) in [7, 11) is 0. The SMILES string of the molecule is Cc1nc(C)c(-c2nc3sc4c(c3c(=O)[nH]2)CCCC4)s1. The summed E-state index contributed by atoms with van der Waals surface area (Å²) in [6.45, 7) is 3.93. The number of hydrogen-bond acceptors (Lipinski definition) is 5. The fourth-order valence-electron chi connectivity index (χ4n) is 3.02. The van der Waals surface area contributed by atoms with E-state index in [2.05, 4.69) is 9.97 Å². The highest BCUT2D eigenvalue weighted by Crippen LogP contribution is 2.35. The zero-order chi connectivity index (χ0) is 14.6. The van der Waals surface area contributed by atoms with Gasteiger partial charge in [-0.15, -0.1) is 22.7 Å². The van der Waals surface area contributed by atoms with Gasteiger partial charge < -0.3 is 4.98 Å². The summed E-state index contributed by atoms with van der Waals surface area (Å²) < 4.78 is 0. The Labute approximate surface area is 129 Å². The molecule has 0 aliphatic heterocycles. The standard InChI is InChI=1S/C15H15N3OS2/c1-7-12(20-8(2)16-7)13-17-14(19)11-9-5-3-4-6-10(9)21-15(11)18-13/h3-6H2,1-2H3,(H,17,18,19). The van der Waals surface area contributed by atoms with Crippen molar-refractivity contribution in [2.45, 2.75) is 39.5 Å². The third-order valence-electron chi connectivity index (χ3n) is 3.94. The number of nitrogens with zero attached hydrogens (tertiary/aromatic N) is 2. The van der Waals surface area contributed by atoms with E-state index in [0.29, 0.717) is 5.82 Å². The lowest BCUT2D eigenvalue weighted by molar-refractivity contribution is 0.700. The average molecular weight is 317 g/mol. The zero-order valence-electron chi connectivity index (χ0n) is 11.9. The highest BCUT2D eigenvalue weighted by atomic mass is 32.1. The predicted molar refractivity (Wildman–Crippen MR) is 87.5 cm³/mol. The van der Waals surface area contributed by atoms with Crippen LogP contribution < -0.4 is 5.56 Å². The Morgan fingerprint density at radius 2 is 1.90 bits per heavy atom. The van der Waals surface area contributed by atoms with E-state index >= 15 is 0 Å². The van der Waals surface area contributed by atoms with E-state index in [1.807, 2.05) is 13.8 Å². The minimum absolute atomic E-state index is 0.000136. The summed E-state index contributed by atoms with van der Waals surface area (Å²) in [6, 6.07) is 0. The van der Waals surface area contributed by atoms with Gasteiger partial charge in [-0.25, -0.2) is 9.97 Å². The third-order valence-corrected chi connectivity index (χ3v) is 6.21. The molecule has 0 unspecified atom stereocenters. The first kappa shape index (κ1) is 13.2. The monoisotopic (exact) mass is 317 g/mol. The summed E-state index contributed by atoms with van der Waals surface area (Å²) in [5, 5.41) is 1.81. The molecule has 4 rings (SSSR count). The van der Waals surface area contributed by atoms with Crippen LogP contribution in [0.1, 0.15) is 34.0 Å². The minimum atomic E-state index is -0.000136. The van der Waals surface area contributed by atoms with Gasteiger partial charge in [0.2, 0.25) is 0 Å². The molecule has 0 saturated heterocycles.